The molecule has 2 aliphatic rings. The number of alkyl halides is 1. The van der Waals surface area contributed by atoms with Gasteiger partial charge in [-0.15, -0.1) is 0 Å². The fourth-order valence-electron chi connectivity index (χ4n) is 1.89. The van der Waals surface area contributed by atoms with Crippen molar-refractivity contribution in [1.82, 2.24) is 0 Å². The smallest absolute Gasteiger partial charge is 0.312 e. The van der Waals surface area contributed by atoms with Crippen LogP contribution in [-0.2, 0) is 9.53 Å². The van der Waals surface area contributed by atoms with Crippen LogP contribution in [0.4, 0.5) is 4.39 Å². The Kier molecular flexibility index (Phi) is 0.932. The van der Waals surface area contributed by atoms with Gasteiger partial charge in [-0.1, -0.05) is 0 Å². The largest absolute Gasteiger partial charge is 0.469 e. The van der Waals surface area contributed by atoms with Crippen LogP contribution in [0.2, 0.25) is 0 Å². The van der Waals surface area contributed by atoms with Crippen LogP contribution < -0.4 is 0 Å². The van der Waals surface area contributed by atoms with E-state index < -0.39 is 6.17 Å². The molecule has 2 aliphatic carbocycles. The van der Waals surface area contributed by atoms with E-state index in [-0.39, 0.29) is 17.3 Å². The predicted molar refractivity (Wildman–Crippen MR) is 32.1 cm³/mol. The first-order valence-electron chi connectivity index (χ1n) is 3.43. The number of ether oxygens (including phenoxy) is 1. The number of fused-ring (bicyclic) bond motifs is 1. The Bertz CT molecular complexity index is 192. The lowest BCUT2D eigenvalue weighted by Gasteiger charge is -2.26. The van der Waals surface area contributed by atoms with Gasteiger partial charge in [0.05, 0.1) is 12.5 Å². The quantitative estimate of drug-likeness (QED) is 0.511. The lowest BCUT2D eigenvalue weighted by molar-refractivity contribution is -0.152. The first kappa shape index (κ1) is 6.13. The fourth-order valence-corrected chi connectivity index (χ4v) is 1.89. The minimum absolute atomic E-state index is 0.0000463. The number of hydrogen-bond acceptors (Lipinski definition) is 2. The standard InChI is InChI=1S/C7H9FO2/c1-10-6(9)7-2-4(7)5(8)3-7/h4-5H,2-3H2,1H3/t4-,5+,7-/m1/s1. The molecule has 2 saturated carbocycles. The van der Waals surface area contributed by atoms with Crippen LogP contribution in [0.3, 0.4) is 0 Å². The van der Waals surface area contributed by atoms with Crippen LogP contribution in [-0.4, -0.2) is 19.3 Å². The SMILES string of the molecule is COC(=O)[C@@]12C[C@@H]1[C@@H](F)C2. The summed E-state index contributed by atoms with van der Waals surface area (Å²) in [5.41, 5.74) is -0.367. The molecule has 0 aromatic rings. The van der Waals surface area contributed by atoms with Crippen molar-refractivity contribution in [2.75, 3.05) is 7.11 Å². The maximum atomic E-state index is 12.5. The lowest BCUT2D eigenvalue weighted by atomic mass is 9.83. The summed E-state index contributed by atoms with van der Waals surface area (Å²) in [6.07, 6.45) is 0.365. The second-order valence-corrected chi connectivity index (χ2v) is 3.18. The second kappa shape index (κ2) is 1.52. The second-order valence-electron chi connectivity index (χ2n) is 3.18. The van der Waals surface area contributed by atoms with Gasteiger partial charge in [0.1, 0.15) is 6.17 Å². The van der Waals surface area contributed by atoms with Crippen molar-refractivity contribution in [1.29, 1.82) is 0 Å². The highest BCUT2D eigenvalue weighted by Crippen LogP contribution is 2.69. The molecule has 0 N–H and O–H groups in total. The van der Waals surface area contributed by atoms with Crippen LogP contribution in [0.25, 0.3) is 0 Å². The van der Waals surface area contributed by atoms with E-state index in [1.54, 1.807) is 0 Å². The molecule has 56 valence electrons. The fraction of sp³-hybridized carbons (Fsp3) is 0.857. The Hall–Kier alpha value is -0.600. The molecule has 2 fully saturated rings. The molecule has 2 rings (SSSR count). The van der Waals surface area contributed by atoms with E-state index >= 15 is 0 Å². The Labute approximate surface area is 58.4 Å². The molecule has 3 heteroatoms. The Morgan fingerprint density at radius 2 is 2.40 bits per heavy atom. The van der Waals surface area contributed by atoms with E-state index in [4.69, 9.17) is 0 Å². The van der Waals surface area contributed by atoms with Crippen LogP contribution in [0.1, 0.15) is 12.8 Å². The van der Waals surface area contributed by atoms with Gasteiger partial charge >= 0.3 is 5.97 Å². The van der Waals surface area contributed by atoms with Gasteiger partial charge in [-0.2, -0.15) is 0 Å². The molecule has 0 radical (unpaired) electrons. The van der Waals surface area contributed by atoms with Gasteiger partial charge in [0.25, 0.3) is 0 Å². The normalized spacial score (nSPS) is 49.0. The van der Waals surface area contributed by atoms with Gasteiger partial charge in [0.2, 0.25) is 0 Å². The summed E-state index contributed by atoms with van der Waals surface area (Å²) in [5, 5.41) is 0. The van der Waals surface area contributed by atoms with Crippen molar-refractivity contribution in [2.24, 2.45) is 11.3 Å². The van der Waals surface area contributed by atoms with Crippen LogP contribution in [0, 0.1) is 11.3 Å². The average Bonchev–Trinajstić information content (AvgIpc) is 2.55. The Morgan fingerprint density at radius 3 is 2.70 bits per heavy atom. The maximum Gasteiger partial charge on any atom is 0.312 e. The highest BCUT2D eigenvalue weighted by molar-refractivity contribution is 5.82. The molecular weight excluding hydrogens is 135 g/mol. The molecule has 0 aromatic carbocycles. The molecule has 3 atom stereocenters. The van der Waals surface area contributed by atoms with Gasteiger partial charge < -0.3 is 4.74 Å². The highest BCUT2D eigenvalue weighted by atomic mass is 19.1. The minimum Gasteiger partial charge on any atom is -0.469 e. The van der Waals surface area contributed by atoms with Crippen LogP contribution >= 0.6 is 0 Å². The number of esters is 1. The third-order valence-corrected chi connectivity index (χ3v) is 2.72. The Balaban J connectivity index is 2.04. The van der Waals surface area contributed by atoms with Gasteiger partial charge in [-0.05, 0) is 12.8 Å². The van der Waals surface area contributed by atoms with Crippen molar-refractivity contribution in [3.05, 3.63) is 0 Å². The third kappa shape index (κ3) is 0.470. The van der Waals surface area contributed by atoms with E-state index in [0.29, 0.717) is 12.8 Å². The van der Waals surface area contributed by atoms with E-state index in [1.165, 1.54) is 7.11 Å². The summed E-state index contributed by atoms with van der Waals surface area (Å²) in [6, 6.07) is 0. The third-order valence-electron chi connectivity index (χ3n) is 2.72. The van der Waals surface area contributed by atoms with Crippen LogP contribution in [0.15, 0.2) is 0 Å². The summed E-state index contributed by atoms with van der Waals surface area (Å²) >= 11 is 0. The molecule has 0 saturated heterocycles. The topological polar surface area (TPSA) is 26.3 Å². The maximum absolute atomic E-state index is 12.5. The van der Waals surface area contributed by atoms with Crippen molar-refractivity contribution < 1.29 is 13.9 Å². The molecule has 0 amide bonds. The van der Waals surface area contributed by atoms with Crippen LogP contribution in [0.5, 0.6) is 0 Å². The summed E-state index contributed by atoms with van der Waals surface area (Å²) in [4.78, 5) is 10.9. The van der Waals surface area contributed by atoms with E-state index in [2.05, 4.69) is 4.74 Å². The van der Waals surface area contributed by atoms with Gasteiger partial charge in [0, 0.05) is 5.92 Å². The molecule has 0 spiro atoms. The van der Waals surface area contributed by atoms with Crippen molar-refractivity contribution in [3.63, 3.8) is 0 Å². The number of rotatable bonds is 1. The molecule has 0 unspecified atom stereocenters. The number of halogens is 1. The number of carbonyl (C=O) groups excluding carboxylic acids is 1. The number of carbonyl (C=O) groups is 1. The van der Waals surface area contributed by atoms with Crippen molar-refractivity contribution in [2.45, 2.75) is 19.0 Å². The lowest BCUT2D eigenvalue weighted by Crippen LogP contribution is -2.34. The molecule has 0 aromatic heterocycles. The summed E-state index contributed by atoms with van der Waals surface area (Å²) in [7, 11) is 1.36. The monoisotopic (exact) mass is 144 g/mol. The zero-order chi connectivity index (χ0) is 7.35. The van der Waals surface area contributed by atoms with Gasteiger partial charge in [-0.25, -0.2) is 4.39 Å². The summed E-state index contributed by atoms with van der Waals surface area (Å²) < 4.78 is 17.0. The average molecular weight is 144 g/mol. The first-order chi connectivity index (χ1) is 4.70. The highest BCUT2D eigenvalue weighted by Gasteiger charge is 2.73. The van der Waals surface area contributed by atoms with Crippen molar-refractivity contribution >= 4 is 5.97 Å². The molecular formula is C7H9FO2. The van der Waals surface area contributed by atoms with E-state index in [1.807, 2.05) is 0 Å². The number of hydrogen-bond donors (Lipinski definition) is 0. The summed E-state index contributed by atoms with van der Waals surface area (Å²) in [6.45, 7) is 0. The van der Waals surface area contributed by atoms with Gasteiger partial charge in [0.15, 0.2) is 0 Å². The Morgan fingerprint density at radius 1 is 1.70 bits per heavy atom. The van der Waals surface area contributed by atoms with Gasteiger partial charge in [-0.3, -0.25) is 4.79 Å². The molecule has 0 bridgehead atoms. The first-order valence-corrected chi connectivity index (χ1v) is 3.43. The summed E-state index contributed by atoms with van der Waals surface area (Å²) in [5.74, 6) is -0.216. The molecule has 0 heterocycles. The predicted octanol–water partition coefficient (Wildman–Crippen LogP) is 0.907. The van der Waals surface area contributed by atoms with E-state index in [0.717, 1.165) is 0 Å². The minimum atomic E-state index is -0.737. The molecule has 10 heavy (non-hydrogen) atoms. The zero-order valence-corrected chi connectivity index (χ0v) is 5.76. The van der Waals surface area contributed by atoms with E-state index in [9.17, 15) is 9.18 Å². The molecule has 0 aliphatic heterocycles. The number of methoxy groups -OCH3 is 1. The van der Waals surface area contributed by atoms with Crippen molar-refractivity contribution in [3.8, 4) is 0 Å². The molecule has 2 nitrogen and oxygen atoms in total. The zero-order valence-electron chi connectivity index (χ0n) is 5.76.